The van der Waals surface area contributed by atoms with E-state index in [9.17, 15) is 0 Å². The Labute approximate surface area is 167 Å². The van der Waals surface area contributed by atoms with Crippen LogP contribution in [0.5, 0.6) is 0 Å². The average molecular weight is 210 g/mol. The van der Waals surface area contributed by atoms with Crippen LogP contribution in [0.4, 0.5) is 0 Å². The normalized spacial score (nSPS) is 0. The van der Waals surface area contributed by atoms with Crippen molar-refractivity contribution < 1.29 is 171 Å². The van der Waals surface area contributed by atoms with E-state index in [4.69, 9.17) is 0 Å². The Balaban J connectivity index is 0. The molecule has 0 amide bonds. The van der Waals surface area contributed by atoms with Gasteiger partial charge >= 0.3 is 148 Å². The fraction of sp³-hybridized carbons (Fsp3) is 0. The molecule has 0 spiro atoms. The van der Waals surface area contributed by atoms with Crippen LogP contribution in [-0.4, -0.2) is 0 Å². The zero-order chi connectivity index (χ0) is 0. The number of hydrogen-bond acceptors (Lipinski definition) is 0. The summed E-state index contributed by atoms with van der Waals surface area (Å²) in [6, 6.07) is 0. The summed E-state index contributed by atoms with van der Waals surface area (Å²) in [4.78, 5) is 0. The maximum atomic E-state index is 0. The van der Waals surface area contributed by atoms with Gasteiger partial charge in [0.1, 0.15) is 0 Å². The van der Waals surface area contributed by atoms with Gasteiger partial charge in [0.25, 0.3) is 0 Å². The summed E-state index contributed by atoms with van der Waals surface area (Å²) in [7, 11) is 0. The van der Waals surface area contributed by atoms with Crippen LogP contribution in [0, 0.1) is 0 Å². The topological polar surface area (TPSA) is 0 Å². The first-order valence-electron chi connectivity index (χ1n) is 0. The molecule has 0 aromatic rings. The molecule has 0 aliphatic rings. The number of hydrogen-bond donors (Lipinski definition) is 0. The van der Waals surface area contributed by atoms with E-state index in [1.165, 1.54) is 0 Å². The average Bonchev–Trinajstić information content (AvgIpc) is 0. The van der Waals surface area contributed by atoms with Gasteiger partial charge in [-0.3, -0.25) is 0 Å². The van der Waals surface area contributed by atoms with E-state index < -0.39 is 0 Å². The molecule has 0 saturated heterocycles. The van der Waals surface area contributed by atoms with Crippen LogP contribution in [0.3, 0.4) is 0 Å². The van der Waals surface area contributed by atoms with Crippen molar-refractivity contribution in [2.24, 2.45) is 0 Å². The molecule has 40 valence electrons. The first kappa shape index (κ1) is 126. The van der Waals surface area contributed by atoms with E-state index in [1.807, 2.05) is 0 Å². The van der Waals surface area contributed by atoms with Crippen molar-refractivity contribution in [3.05, 3.63) is 0 Å². The van der Waals surface area contributed by atoms with Gasteiger partial charge < -0.3 is 23.5 Å². The van der Waals surface area contributed by atoms with Crippen molar-refractivity contribution in [2.45, 2.75) is 0 Å². The summed E-state index contributed by atoms with van der Waals surface area (Å²) < 4.78 is 0. The van der Waals surface area contributed by atoms with Gasteiger partial charge in [0.15, 0.2) is 0 Å². The Bertz CT molecular complexity index is 10.0. The van der Waals surface area contributed by atoms with Gasteiger partial charge in [-0.05, 0) is 0 Å². The number of rotatable bonds is 0. The standard InChI is InChI=1S/5FH.5Na/h5*1H;;;;;/q;;;;;5*+1/p-5. The van der Waals surface area contributed by atoms with Gasteiger partial charge in [0.05, 0.1) is 0 Å². The molecule has 0 nitrogen and oxygen atoms in total. The molecule has 0 aromatic carbocycles. The minimum atomic E-state index is 0. The Morgan fingerprint density at radius 2 is 0.200 bits per heavy atom. The van der Waals surface area contributed by atoms with Gasteiger partial charge in [-0.1, -0.05) is 0 Å². The molecule has 0 fully saturated rings. The number of halogens is 5. The third-order valence-electron chi connectivity index (χ3n) is 0. The van der Waals surface area contributed by atoms with Gasteiger partial charge in [0, 0.05) is 0 Å². The molecule has 0 heterocycles. The van der Waals surface area contributed by atoms with E-state index >= 15 is 0 Å². The van der Waals surface area contributed by atoms with E-state index in [0.717, 1.165) is 0 Å². The van der Waals surface area contributed by atoms with E-state index in [2.05, 4.69) is 0 Å². The molecule has 10 heavy (non-hydrogen) atoms. The van der Waals surface area contributed by atoms with Crippen molar-refractivity contribution >= 4 is 0 Å². The molecule has 0 radical (unpaired) electrons. The van der Waals surface area contributed by atoms with Gasteiger partial charge in [-0.2, -0.15) is 0 Å². The Morgan fingerprint density at radius 3 is 0.200 bits per heavy atom. The summed E-state index contributed by atoms with van der Waals surface area (Å²) in [6.07, 6.45) is 0. The second kappa shape index (κ2) is 101. The maximum absolute atomic E-state index is 0. The van der Waals surface area contributed by atoms with Crippen molar-refractivity contribution in [3.8, 4) is 0 Å². The minimum Gasteiger partial charge on any atom is -1.00 e. The molecule has 0 N–H and O–H groups in total. The van der Waals surface area contributed by atoms with Crippen LogP contribution in [0.1, 0.15) is 0 Å². The maximum Gasteiger partial charge on any atom is 1.00 e. The Kier molecular flexibility index (Phi) is 1280. The largest absolute Gasteiger partial charge is 1.00 e. The summed E-state index contributed by atoms with van der Waals surface area (Å²) in [5, 5.41) is 0. The predicted molar refractivity (Wildman–Crippen MR) is 0 cm³/mol. The zero-order valence-electron chi connectivity index (χ0n) is 6.89. The van der Waals surface area contributed by atoms with Crippen LogP contribution in [0.25, 0.3) is 0 Å². The molecule has 0 unspecified atom stereocenters. The van der Waals surface area contributed by atoms with Crippen LogP contribution in [-0.2, 0) is 0 Å². The summed E-state index contributed by atoms with van der Waals surface area (Å²) >= 11 is 0. The van der Waals surface area contributed by atoms with E-state index in [0.29, 0.717) is 0 Å². The monoisotopic (exact) mass is 210 g/mol. The smallest absolute Gasteiger partial charge is 1.00 e. The fourth-order valence-electron chi connectivity index (χ4n) is 0. The molecular weight excluding hydrogens is 210 g/mol. The quantitative estimate of drug-likeness (QED) is 0.275. The van der Waals surface area contributed by atoms with Gasteiger partial charge in [0.2, 0.25) is 0 Å². The first-order chi connectivity index (χ1) is 0. The van der Waals surface area contributed by atoms with E-state index in [1.54, 1.807) is 0 Å². The van der Waals surface area contributed by atoms with Crippen molar-refractivity contribution in [1.29, 1.82) is 0 Å². The fourth-order valence-corrected chi connectivity index (χ4v) is 0. The predicted octanol–water partition coefficient (Wildman–Crippen LogP) is -30.0. The second-order valence-electron chi connectivity index (χ2n) is 0. The summed E-state index contributed by atoms with van der Waals surface area (Å²) in [5.41, 5.74) is 0. The minimum absolute atomic E-state index is 0. The molecule has 0 aliphatic heterocycles. The van der Waals surface area contributed by atoms with Crippen LogP contribution in [0.2, 0.25) is 0 Å². The van der Waals surface area contributed by atoms with Crippen molar-refractivity contribution in [1.82, 2.24) is 0 Å². The summed E-state index contributed by atoms with van der Waals surface area (Å²) in [5.74, 6) is 0. The van der Waals surface area contributed by atoms with Gasteiger partial charge in [-0.25, -0.2) is 0 Å². The molecular formula is F5Na5. The molecule has 0 saturated carbocycles. The molecule has 0 atom stereocenters. The van der Waals surface area contributed by atoms with Crippen molar-refractivity contribution in [3.63, 3.8) is 0 Å². The van der Waals surface area contributed by atoms with Crippen LogP contribution in [0.15, 0.2) is 0 Å². The zero-order valence-corrected chi connectivity index (χ0v) is 16.9. The van der Waals surface area contributed by atoms with Crippen molar-refractivity contribution in [2.75, 3.05) is 0 Å². The SMILES string of the molecule is [F-].[F-].[F-].[F-].[F-].[Na+].[Na+].[Na+].[Na+].[Na+]. The van der Waals surface area contributed by atoms with E-state index in [-0.39, 0.29) is 171 Å². The molecule has 0 aromatic heterocycles. The summed E-state index contributed by atoms with van der Waals surface area (Å²) in [6.45, 7) is 0. The molecule has 0 aliphatic carbocycles. The molecule has 0 rings (SSSR count). The third-order valence-corrected chi connectivity index (χ3v) is 0. The Morgan fingerprint density at radius 1 is 0.200 bits per heavy atom. The van der Waals surface area contributed by atoms with Crippen LogP contribution >= 0.6 is 0 Å². The molecule has 10 heteroatoms. The van der Waals surface area contributed by atoms with Gasteiger partial charge in [-0.15, -0.1) is 0 Å². The second-order valence-corrected chi connectivity index (χ2v) is 0. The Hall–Kier alpha value is 4.65. The van der Waals surface area contributed by atoms with Crippen LogP contribution < -0.4 is 171 Å². The third kappa shape index (κ3) is 79.4. The molecule has 0 bridgehead atoms. The first-order valence-corrected chi connectivity index (χ1v) is 0.